The minimum Gasteiger partial charge on any atom is -0.497 e. The second-order valence-electron chi connectivity index (χ2n) is 6.93. The van der Waals surface area contributed by atoms with Gasteiger partial charge in [-0.2, -0.15) is 0 Å². The van der Waals surface area contributed by atoms with E-state index in [9.17, 15) is 0 Å². The quantitative estimate of drug-likeness (QED) is 0.658. The Morgan fingerprint density at radius 1 is 1.33 bits per heavy atom. The van der Waals surface area contributed by atoms with E-state index < -0.39 is 0 Å². The first kappa shape index (κ1) is 15.7. The molecule has 1 aliphatic rings. The molecule has 0 aliphatic heterocycles. The highest BCUT2D eigenvalue weighted by atomic mass is 16.5. The fraction of sp³-hybridized carbons (Fsp3) is 0.588. The van der Waals surface area contributed by atoms with Crippen molar-refractivity contribution < 1.29 is 9.47 Å². The Hall–Kier alpha value is -1.71. The molecule has 1 aliphatic carbocycles. The lowest BCUT2D eigenvalue weighted by Crippen LogP contribution is -2.34. The van der Waals surface area contributed by atoms with Crippen LogP contribution < -0.4 is 15.2 Å². The normalized spacial score (nSPS) is 24.4. The van der Waals surface area contributed by atoms with E-state index in [1.54, 1.807) is 19.2 Å². The van der Waals surface area contributed by atoms with Crippen molar-refractivity contribution in [2.75, 3.05) is 7.11 Å². The van der Waals surface area contributed by atoms with Gasteiger partial charge in [0.05, 0.1) is 18.8 Å². The molecule has 0 saturated heterocycles. The summed E-state index contributed by atoms with van der Waals surface area (Å²) in [4.78, 5) is 0. The Bertz CT molecular complexity index is 526. The van der Waals surface area contributed by atoms with Gasteiger partial charge in [-0.3, -0.25) is 5.41 Å². The van der Waals surface area contributed by atoms with Gasteiger partial charge in [0.15, 0.2) is 0 Å². The molecule has 1 aromatic rings. The van der Waals surface area contributed by atoms with Crippen LogP contribution in [0.3, 0.4) is 0 Å². The third-order valence-corrected chi connectivity index (χ3v) is 4.12. The summed E-state index contributed by atoms with van der Waals surface area (Å²) in [5.41, 5.74) is 6.57. The summed E-state index contributed by atoms with van der Waals surface area (Å²) in [5.74, 6) is 2.04. The number of amidine groups is 1. The van der Waals surface area contributed by atoms with Crippen LogP contribution in [0, 0.1) is 16.7 Å². The molecule has 21 heavy (non-hydrogen) atoms. The summed E-state index contributed by atoms with van der Waals surface area (Å²) in [7, 11) is 1.62. The molecule has 4 nitrogen and oxygen atoms in total. The van der Waals surface area contributed by atoms with Gasteiger partial charge in [-0.1, -0.05) is 20.8 Å². The van der Waals surface area contributed by atoms with Crippen molar-refractivity contribution in [2.45, 2.75) is 46.1 Å². The molecule has 0 spiro atoms. The van der Waals surface area contributed by atoms with E-state index in [1.165, 1.54) is 6.42 Å². The van der Waals surface area contributed by atoms with Gasteiger partial charge in [0.1, 0.15) is 17.3 Å². The zero-order valence-electron chi connectivity index (χ0n) is 13.4. The van der Waals surface area contributed by atoms with E-state index in [2.05, 4.69) is 20.8 Å². The molecule has 3 N–H and O–H groups in total. The van der Waals surface area contributed by atoms with Gasteiger partial charge in [0.2, 0.25) is 0 Å². The molecule has 0 bridgehead atoms. The summed E-state index contributed by atoms with van der Waals surface area (Å²) in [6, 6.07) is 5.41. The fourth-order valence-corrected chi connectivity index (χ4v) is 3.48. The summed E-state index contributed by atoms with van der Waals surface area (Å²) in [5, 5.41) is 7.70. The molecule has 4 heteroatoms. The minimum atomic E-state index is 0.0239. The van der Waals surface area contributed by atoms with Gasteiger partial charge in [0.25, 0.3) is 0 Å². The molecular weight excluding hydrogens is 264 g/mol. The molecule has 1 fully saturated rings. The second kappa shape index (κ2) is 5.96. The average molecular weight is 290 g/mol. The summed E-state index contributed by atoms with van der Waals surface area (Å²) in [6.45, 7) is 6.85. The monoisotopic (exact) mass is 290 g/mol. The Morgan fingerprint density at radius 3 is 2.62 bits per heavy atom. The van der Waals surface area contributed by atoms with Crippen LogP contribution in [-0.4, -0.2) is 19.0 Å². The van der Waals surface area contributed by atoms with Gasteiger partial charge in [-0.15, -0.1) is 0 Å². The maximum Gasteiger partial charge on any atom is 0.134 e. The van der Waals surface area contributed by atoms with Crippen LogP contribution in [0.1, 0.15) is 45.6 Å². The molecular formula is C17H26N2O2. The minimum absolute atomic E-state index is 0.0239. The van der Waals surface area contributed by atoms with Crippen LogP contribution in [0.2, 0.25) is 0 Å². The van der Waals surface area contributed by atoms with Crippen LogP contribution in [0.4, 0.5) is 0 Å². The maximum atomic E-state index is 7.70. The van der Waals surface area contributed by atoms with Crippen molar-refractivity contribution >= 4 is 5.84 Å². The van der Waals surface area contributed by atoms with Crippen molar-refractivity contribution in [3.05, 3.63) is 23.8 Å². The average Bonchev–Trinajstić information content (AvgIpc) is 2.35. The number of rotatable bonds is 4. The van der Waals surface area contributed by atoms with Crippen LogP contribution >= 0.6 is 0 Å². The molecule has 0 radical (unpaired) electrons. The zero-order chi connectivity index (χ0) is 15.6. The molecule has 2 atom stereocenters. The Morgan fingerprint density at radius 2 is 2.05 bits per heavy atom. The third kappa shape index (κ3) is 3.90. The maximum absolute atomic E-state index is 7.70. The van der Waals surface area contributed by atoms with Gasteiger partial charge >= 0.3 is 0 Å². The number of ether oxygens (including phenoxy) is 2. The molecule has 1 aromatic carbocycles. The molecule has 0 amide bonds. The number of benzene rings is 1. The van der Waals surface area contributed by atoms with E-state index in [-0.39, 0.29) is 17.4 Å². The highest BCUT2D eigenvalue weighted by Crippen LogP contribution is 2.40. The van der Waals surface area contributed by atoms with Gasteiger partial charge < -0.3 is 15.2 Å². The smallest absolute Gasteiger partial charge is 0.134 e. The van der Waals surface area contributed by atoms with Crippen molar-refractivity contribution in [1.29, 1.82) is 5.41 Å². The number of methoxy groups -OCH3 is 1. The van der Waals surface area contributed by atoms with Gasteiger partial charge in [-0.05, 0) is 42.7 Å². The SMILES string of the molecule is COc1ccc(C(=N)N)c(OC2CC(C)CC(C)(C)C2)c1. The van der Waals surface area contributed by atoms with Crippen LogP contribution in [0.25, 0.3) is 0 Å². The Labute approximate surface area is 127 Å². The summed E-state index contributed by atoms with van der Waals surface area (Å²) < 4.78 is 11.4. The van der Waals surface area contributed by atoms with Gasteiger partial charge in [0, 0.05) is 6.07 Å². The lowest BCUT2D eigenvalue weighted by molar-refractivity contribution is 0.0560. The number of hydrogen-bond donors (Lipinski definition) is 2. The zero-order valence-corrected chi connectivity index (χ0v) is 13.4. The highest BCUT2D eigenvalue weighted by molar-refractivity contribution is 5.97. The molecule has 116 valence electrons. The first-order valence-corrected chi connectivity index (χ1v) is 7.50. The number of hydrogen-bond acceptors (Lipinski definition) is 3. The molecule has 1 saturated carbocycles. The first-order chi connectivity index (χ1) is 9.80. The van der Waals surface area contributed by atoms with E-state index in [0.29, 0.717) is 17.2 Å². The van der Waals surface area contributed by atoms with Crippen molar-refractivity contribution in [1.82, 2.24) is 0 Å². The summed E-state index contributed by atoms with van der Waals surface area (Å²) in [6.07, 6.45) is 3.45. The van der Waals surface area contributed by atoms with E-state index in [0.717, 1.165) is 18.6 Å². The molecule has 0 heterocycles. The predicted molar refractivity (Wildman–Crippen MR) is 85.2 cm³/mol. The van der Waals surface area contributed by atoms with Crippen LogP contribution in [0.5, 0.6) is 11.5 Å². The number of nitrogens with one attached hydrogen (secondary N) is 1. The third-order valence-electron chi connectivity index (χ3n) is 4.12. The number of nitrogen functional groups attached to an aromatic ring is 1. The molecule has 2 rings (SSSR count). The fourth-order valence-electron chi connectivity index (χ4n) is 3.48. The lowest BCUT2D eigenvalue weighted by Gasteiger charge is -2.39. The second-order valence-corrected chi connectivity index (χ2v) is 6.93. The van der Waals surface area contributed by atoms with Crippen LogP contribution in [0.15, 0.2) is 18.2 Å². The van der Waals surface area contributed by atoms with Crippen LogP contribution in [-0.2, 0) is 0 Å². The summed E-state index contributed by atoms with van der Waals surface area (Å²) >= 11 is 0. The van der Waals surface area contributed by atoms with E-state index in [4.69, 9.17) is 20.6 Å². The van der Waals surface area contributed by atoms with Crippen molar-refractivity contribution in [3.8, 4) is 11.5 Å². The first-order valence-electron chi connectivity index (χ1n) is 7.50. The Kier molecular flexibility index (Phi) is 4.45. The topological polar surface area (TPSA) is 68.3 Å². The van der Waals surface area contributed by atoms with Crippen molar-refractivity contribution in [2.24, 2.45) is 17.1 Å². The standard InChI is InChI=1S/C17H26N2O2/c1-11-7-13(10-17(2,3)9-11)21-15-8-12(20-4)5-6-14(15)16(18)19/h5-6,8,11,13H,7,9-10H2,1-4H3,(H3,18,19). The van der Waals surface area contributed by atoms with Crippen molar-refractivity contribution in [3.63, 3.8) is 0 Å². The van der Waals surface area contributed by atoms with Gasteiger partial charge in [-0.25, -0.2) is 0 Å². The Balaban J connectivity index is 2.23. The number of nitrogens with two attached hydrogens (primary N) is 1. The molecule has 2 unspecified atom stereocenters. The predicted octanol–water partition coefficient (Wildman–Crippen LogP) is 3.57. The molecule has 0 aromatic heterocycles. The van der Waals surface area contributed by atoms with E-state index in [1.807, 2.05) is 6.07 Å². The highest BCUT2D eigenvalue weighted by Gasteiger charge is 2.33. The lowest BCUT2D eigenvalue weighted by atomic mass is 9.71. The largest absolute Gasteiger partial charge is 0.497 e. The van der Waals surface area contributed by atoms with E-state index >= 15 is 0 Å².